The van der Waals surface area contributed by atoms with Crippen molar-refractivity contribution in [3.8, 4) is 0 Å². The Balaban J connectivity index is 2.24. The number of hydrogen-bond donors (Lipinski definition) is 2. The average molecular weight is 280 g/mol. The number of nitrogens with zero attached hydrogens (tertiary/aromatic N) is 1. The average Bonchev–Trinajstić information content (AvgIpc) is 2.43. The fourth-order valence-electron chi connectivity index (χ4n) is 3.06. The van der Waals surface area contributed by atoms with Gasteiger partial charge in [0.05, 0.1) is 6.10 Å². The molecule has 0 spiro atoms. The van der Waals surface area contributed by atoms with Gasteiger partial charge in [-0.3, -0.25) is 4.90 Å². The minimum atomic E-state index is -0.239. The third-order valence-corrected chi connectivity index (χ3v) is 4.35. The van der Waals surface area contributed by atoms with Gasteiger partial charge in [-0.15, -0.1) is 0 Å². The van der Waals surface area contributed by atoms with Crippen LogP contribution >= 0.6 is 0 Å². The summed E-state index contributed by atoms with van der Waals surface area (Å²) < 4.78 is 13.5. The van der Waals surface area contributed by atoms with E-state index in [9.17, 15) is 9.50 Å². The van der Waals surface area contributed by atoms with E-state index < -0.39 is 0 Å². The van der Waals surface area contributed by atoms with Gasteiger partial charge < -0.3 is 10.8 Å². The normalized spacial score (nSPS) is 27.2. The first-order chi connectivity index (χ1) is 9.52. The molecule has 2 rings (SSSR count). The van der Waals surface area contributed by atoms with Gasteiger partial charge in [-0.25, -0.2) is 4.39 Å². The minimum absolute atomic E-state index is 0.0191. The van der Waals surface area contributed by atoms with Crippen molar-refractivity contribution in [3.63, 3.8) is 0 Å². The van der Waals surface area contributed by atoms with Crippen molar-refractivity contribution in [1.82, 2.24) is 4.90 Å². The van der Waals surface area contributed by atoms with E-state index in [0.29, 0.717) is 0 Å². The predicted molar refractivity (Wildman–Crippen MR) is 78.8 cm³/mol. The molecule has 4 heteroatoms. The summed E-state index contributed by atoms with van der Waals surface area (Å²) in [4.78, 5) is 2.29. The van der Waals surface area contributed by atoms with Gasteiger partial charge in [0.1, 0.15) is 5.82 Å². The third-order valence-electron chi connectivity index (χ3n) is 4.35. The zero-order chi connectivity index (χ0) is 14.7. The molecule has 1 aromatic carbocycles. The molecule has 0 aromatic heterocycles. The highest BCUT2D eigenvalue weighted by Gasteiger charge is 2.32. The molecule has 0 radical (unpaired) electrons. The molecule has 1 aliphatic rings. The summed E-state index contributed by atoms with van der Waals surface area (Å²) in [5, 5.41) is 9.87. The van der Waals surface area contributed by atoms with Crippen molar-refractivity contribution in [2.45, 2.75) is 44.9 Å². The van der Waals surface area contributed by atoms with E-state index in [4.69, 9.17) is 5.73 Å². The Morgan fingerprint density at radius 2 is 2.25 bits per heavy atom. The Morgan fingerprint density at radius 3 is 2.85 bits per heavy atom. The molecule has 1 heterocycles. The number of hydrogen-bond acceptors (Lipinski definition) is 3. The molecule has 0 saturated carbocycles. The van der Waals surface area contributed by atoms with Crippen molar-refractivity contribution in [1.29, 1.82) is 0 Å². The maximum absolute atomic E-state index is 13.5. The number of likely N-dealkylation sites (tertiary alicyclic amines) is 1. The Bertz CT molecular complexity index is 440. The van der Waals surface area contributed by atoms with Gasteiger partial charge in [-0.1, -0.05) is 26.0 Å². The number of rotatable bonds is 4. The highest BCUT2D eigenvalue weighted by atomic mass is 19.1. The summed E-state index contributed by atoms with van der Waals surface area (Å²) in [6, 6.07) is 6.71. The molecular weight excluding hydrogens is 255 g/mol. The first kappa shape index (κ1) is 15.4. The summed E-state index contributed by atoms with van der Waals surface area (Å²) >= 11 is 0. The van der Waals surface area contributed by atoms with E-state index in [1.165, 1.54) is 6.07 Å². The molecule has 3 nitrogen and oxygen atoms in total. The van der Waals surface area contributed by atoms with Crippen molar-refractivity contribution in [2.24, 2.45) is 11.7 Å². The smallest absolute Gasteiger partial charge is 0.123 e. The van der Waals surface area contributed by atoms with Gasteiger partial charge in [0.15, 0.2) is 0 Å². The molecule has 1 aliphatic heterocycles. The topological polar surface area (TPSA) is 49.5 Å². The maximum atomic E-state index is 13.5. The van der Waals surface area contributed by atoms with Gasteiger partial charge >= 0.3 is 0 Å². The van der Waals surface area contributed by atoms with Gasteiger partial charge in [0.2, 0.25) is 0 Å². The fourth-order valence-corrected chi connectivity index (χ4v) is 3.06. The zero-order valence-corrected chi connectivity index (χ0v) is 12.3. The second-order valence-electron chi connectivity index (χ2n) is 5.90. The molecule has 4 atom stereocenters. The van der Waals surface area contributed by atoms with Crippen LogP contribution in [0.15, 0.2) is 24.3 Å². The van der Waals surface area contributed by atoms with E-state index in [0.717, 1.165) is 31.5 Å². The molecule has 20 heavy (non-hydrogen) atoms. The standard InChI is InChI=1S/C16H25FN2O/c1-3-14(18)16(12-5-4-6-13(17)9-12)19-8-7-15(20)11(2)10-19/h4-6,9,11,14-16,20H,3,7-8,10,18H2,1-2H3. The van der Waals surface area contributed by atoms with E-state index in [1.54, 1.807) is 12.1 Å². The lowest BCUT2D eigenvalue weighted by atomic mass is 9.90. The molecule has 0 bridgehead atoms. The van der Waals surface area contributed by atoms with Crippen LogP contribution in [0.25, 0.3) is 0 Å². The largest absolute Gasteiger partial charge is 0.393 e. The molecule has 1 aromatic rings. The quantitative estimate of drug-likeness (QED) is 0.890. The molecule has 3 N–H and O–H groups in total. The molecule has 1 saturated heterocycles. The van der Waals surface area contributed by atoms with Crippen LogP contribution in [0, 0.1) is 11.7 Å². The maximum Gasteiger partial charge on any atom is 0.123 e. The lowest BCUT2D eigenvalue weighted by molar-refractivity contribution is 0.0111. The van der Waals surface area contributed by atoms with Crippen LogP contribution in [0.4, 0.5) is 4.39 Å². The number of benzene rings is 1. The van der Waals surface area contributed by atoms with Crippen LogP contribution in [0.5, 0.6) is 0 Å². The van der Waals surface area contributed by atoms with Gasteiger partial charge in [-0.05, 0) is 36.5 Å². The van der Waals surface area contributed by atoms with Crippen LogP contribution in [0.2, 0.25) is 0 Å². The van der Waals surface area contributed by atoms with E-state index in [2.05, 4.69) is 18.7 Å². The summed E-state index contributed by atoms with van der Waals surface area (Å²) in [5.74, 6) is 0.00441. The first-order valence-corrected chi connectivity index (χ1v) is 7.46. The lowest BCUT2D eigenvalue weighted by Gasteiger charge is -2.41. The summed E-state index contributed by atoms with van der Waals surface area (Å²) in [5.41, 5.74) is 7.22. The second kappa shape index (κ2) is 6.66. The van der Waals surface area contributed by atoms with E-state index in [-0.39, 0.29) is 29.9 Å². The third kappa shape index (κ3) is 3.37. The summed E-state index contributed by atoms with van der Waals surface area (Å²) in [7, 11) is 0. The van der Waals surface area contributed by atoms with E-state index in [1.807, 2.05) is 6.07 Å². The van der Waals surface area contributed by atoms with Gasteiger partial charge in [0.25, 0.3) is 0 Å². The van der Waals surface area contributed by atoms with Gasteiger partial charge in [-0.2, -0.15) is 0 Å². The molecule has 4 unspecified atom stereocenters. The highest BCUT2D eigenvalue weighted by molar-refractivity contribution is 5.22. The predicted octanol–water partition coefficient (Wildman–Crippen LogP) is 2.31. The minimum Gasteiger partial charge on any atom is -0.393 e. The van der Waals surface area contributed by atoms with Crippen LogP contribution in [0.3, 0.4) is 0 Å². The van der Waals surface area contributed by atoms with Crippen LogP contribution in [0.1, 0.15) is 38.3 Å². The number of aliphatic hydroxyl groups excluding tert-OH is 1. The Kier molecular flexibility index (Phi) is 5.13. The molecule has 112 valence electrons. The number of aliphatic hydroxyl groups is 1. The summed E-state index contributed by atoms with van der Waals surface area (Å²) in [6.45, 7) is 5.71. The SMILES string of the molecule is CCC(N)C(c1cccc(F)c1)N1CCC(O)C(C)C1. The monoisotopic (exact) mass is 280 g/mol. The van der Waals surface area contributed by atoms with Crippen molar-refractivity contribution < 1.29 is 9.50 Å². The number of halogens is 1. The zero-order valence-electron chi connectivity index (χ0n) is 12.3. The van der Waals surface area contributed by atoms with Crippen LogP contribution in [-0.2, 0) is 0 Å². The van der Waals surface area contributed by atoms with Gasteiger partial charge in [0, 0.05) is 25.2 Å². The van der Waals surface area contributed by atoms with Crippen molar-refractivity contribution in [2.75, 3.05) is 13.1 Å². The Labute approximate surface area is 120 Å². The van der Waals surface area contributed by atoms with Crippen LogP contribution < -0.4 is 5.73 Å². The van der Waals surface area contributed by atoms with Crippen molar-refractivity contribution in [3.05, 3.63) is 35.6 Å². The fraction of sp³-hybridized carbons (Fsp3) is 0.625. The first-order valence-electron chi connectivity index (χ1n) is 7.46. The molecule has 0 aliphatic carbocycles. The Hall–Kier alpha value is -0.970. The molecule has 1 fully saturated rings. The summed E-state index contributed by atoms with van der Waals surface area (Å²) in [6.07, 6.45) is 1.36. The number of piperidine rings is 1. The van der Waals surface area contributed by atoms with Crippen LogP contribution in [-0.4, -0.2) is 35.2 Å². The van der Waals surface area contributed by atoms with E-state index >= 15 is 0 Å². The van der Waals surface area contributed by atoms with Crippen molar-refractivity contribution >= 4 is 0 Å². The second-order valence-corrected chi connectivity index (χ2v) is 5.90. The lowest BCUT2D eigenvalue weighted by Crippen LogP contribution is -2.48. The number of nitrogens with two attached hydrogens (primary N) is 1. The molecule has 0 amide bonds. The highest BCUT2D eigenvalue weighted by Crippen LogP contribution is 2.30. The Morgan fingerprint density at radius 1 is 1.50 bits per heavy atom. The molecular formula is C16H25FN2O.